The smallest absolute Gasteiger partial charge is 0.135 e. The van der Waals surface area contributed by atoms with E-state index in [0.717, 1.165) is 0 Å². The van der Waals surface area contributed by atoms with Crippen LogP contribution < -0.4 is 20.7 Å². The standard InChI is InChI=1S/C60H40S2Si/c1-5-19-41(20-6-1)43-35-45(51-29-17-31-55-53-27-13-15-33-57(53)61-59(51)55)39-49(37-43)63(47-23-9-3-10-24-47,48-25-11-4-12-26-48)50-38-44(42-21-7-2-8-22-42)36-46(40-50)52-30-18-32-56-54-28-14-16-34-58(54)62-60(52)56/h1-40H. The lowest BCUT2D eigenvalue weighted by molar-refractivity contribution is 1.60. The quantitative estimate of drug-likeness (QED) is 0.106. The minimum absolute atomic E-state index is 1.21. The van der Waals surface area contributed by atoms with Gasteiger partial charge < -0.3 is 0 Å². The molecule has 2 heterocycles. The van der Waals surface area contributed by atoms with Crippen molar-refractivity contribution in [3.05, 3.63) is 243 Å². The Bertz CT molecular complexity index is 3360. The zero-order valence-electron chi connectivity index (χ0n) is 34.4. The van der Waals surface area contributed by atoms with Crippen molar-refractivity contribution in [2.24, 2.45) is 0 Å². The van der Waals surface area contributed by atoms with Gasteiger partial charge in [-0.15, -0.1) is 22.7 Å². The number of hydrogen-bond acceptors (Lipinski definition) is 2. The molecule has 0 fully saturated rings. The van der Waals surface area contributed by atoms with Crippen LogP contribution in [-0.2, 0) is 0 Å². The summed E-state index contributed by atoms with van der Waals surface area (Å²) in [5, 5.41) is 10.7. The summed E-state index contributed by atoms with van der Waals surface area (Å²) >= 11 is 3.80. The van der Waals surface area contributed by atoms with Gasteiger partial charge in [0, 0.05) is 40.3 Å². The van der Waals surface area contributed by atoms with Gasteiger partial charge in [0.15, 0.2) is 8.07 Å². The van der Waals surface area contributed by atoms with Crippen LogP contribution in [0.3, 0.4) is 0 Å². The summed E-state index contributed by atoms with van der Waals surface area (Å²) in [6, 6.07) is 91.2. The van der Waals surface area contributed by atoms with Crippen LogP contribution in [0.1, 0.15) is 0 Å². The first-order valence-corrected chi connectivity index (χ1v) is 25.2. The van der Waals surface area contributed by atoms with Gasteiger partial charge in [-0.25, -0.2) is 0 Å². The zero-order valence-corrected chi connectivity index (χ0v) is 37.0. The van der Waals surface area contributed by atoms with Gasteiger partial charge in [-0.1, -0.05) is 218 Å². The van der Waals surface area contributed by atoms with Crippen LogP contribution in [0.15, 0.2) is 243 Å². The Hall–Kier alpha value is -7.14. The SMILES string of the molecule is c1ccc(-c2cc(-c3cccc4c3sc3ccccc34)cc([Si](c3ccccc3)(c3ccccc3)c3cc(-c4ccccc4)cc(-c4cccc5c4sc4ccccc45)c3)c2)cc1. The molecule has 0 saturated carbocycles. The molecule has 2 aromatic heterocycles. The number of rotatable bonds is 8. The molecule has 296 valence electrons. The maximum Gasteiger partial charge on any atom is 0.179 e. The third-order valence-electron chi connectivity index (χ3n) is 12.8. The molecule has 0 amide bonds. The van der Waals surface area contributed by atoms with E-state index in [2.05, 4.69) is 243 Å². The summed E-state index contributed by atoms with van der Waals surface area (Å²) in [5.74, 6) is 0. The fourth-order valence-electron chi connectivity index (χ4n) is 9.92. The Labute approximate surface area is 376 Å². The highest BCUT2D eigenvalue weighted by Crippen LogP contribution is 2.42. The van der Waals surface area contributed by atoms with Crippen molar-refractivity contribution in [1.82, 2.24) is 0 Å². The van der Waals surface area contributed by atoms with Crippen LogP contribution in [0.4, 0.5) is 0 Å². The van der Waals surface area contributed by atoms with Crippen molar-refractivity contribution in [3.63, 3.8) is 0 Å². The summed E-state index contributed by atoms with van der Waals surface area (Å²) in [4.78, 5) is 0. The Morgan fingerprint density at radius 1 is 0.238 bits per heavy atom. The van der Waals surface area contributed by atoms with E-state index < -0.39 is 8.07 Å². The molecule has 0 aliphatic heterocycles. The number of hydrogen-bond donors (Lipinski definition) is 0. The average Bonchev–Trinajstić information content (AvgIpc) is 3.94. The van der Waals surface area contributed by atoms with Gasteiger partial charge in [0.25, 0.3) is 0 Å². The molecule has 0 unspecified atom stereocenters. The molecular weight excluding hydrogens is 813 g/mol. The first-order valence-electron chi connectivity index (χ1n) is 21.6. The maximum atomic E-state index is 2.55. The Morgan fingerprint density at radius 2 is 0.587 bits per heavy atom. The summed E-state index contributed by atoms with van der Waals surface area (Å²) in [7, 11) is -3.15. The van der Waals surface area contributed by atoms with Gasteiger partial charge >= 0.3 is 0 Å². The van der Waals surface area contributed by atoms with Gasteiger partial charge in [0.1, 0.15) is 0 Å². The van der Waals surface area contributed by atoms with Gasteiger partial charge in [0.2, 0.25) is 0 Å². The van der Waals surface area contributed by atoms with Crippen molar-refractivity contribution in [3.8, 4) is 44.5 Å². The van der Waals surface area contributed by atoms with E-state index >= 15 is 0 Å². The number of thiophene rings is 2. The van der Waals surface area contributed by atoms with Crippen LogP contribution in [0.25, 0.3) is 84.9 Å². The molecule has 0 aliphatic rings. The van der Waals surface area contributed by atoms with Crippen LogP contribution in [-0.4, -0.2) is 8.07 Å². The van der Waals surface area contributed by atoms with Crippen molar-refractivity contribution in [1.29, 1.82) is 0 Å². The van der Waals surface area contributed by atoms with Crippen molar-refractivity contribution in [2.75, 3.05) is 0 Å². The van der Waals surface area contributed by atoms with Crippen LogP contribution in [0.2, 0.25) is 0 Å². The first-order chi connectivity index (χ1) is 31.2. The highest BCUT2D eigenvalue weighted by molar-refractivity contribution is 7.27. The summed E-state index contributed by atoms with van der Waals surface area (Å²) in [5.41, 5.74) is 9.88. The minimum Gasteiger partial charge on any atom is -0.135 e. The maximum absolute atomic E-state index is 3.15. The van der Waals surface area contributed by atoms with Crippen LogP contribution >= 0.6 is 22.7 Å². The first kappa shape index (κ1) is 37.6. The molecule has 0 aliphatic carbocycles. The van der Waals surface area contributed by atoms with Crippen molar-refractivity contribution < 1.29 is 0 Å². The molecule has 0 atom stereocenters. The van der Waals surface area contributed by atoms with Crippen molar-refractivity contribution >= 4 is 91.8 Å². The average molecular weight is 853 g/mol. The summed E-state index contributed by atoms with van der Waals surface area (Å²) in [6.07, 6.45) is 0. The molecule has 12 aromatic rings. The predicted molar refractivity (Wildman–Crippen MR) is 278 cm³/mol. The molecule has 10 aromatic carbocycles. The third-order valence-corrected chi connectivity index (χ3v) is 19.9. The Balaban J connectivity index is 1.22. The van der Waals surface area contributed by atoms with Crippen LogP contribution in [0, 0.1) is 0 Å². The van der Waals surface area contributed by atoms with E-state index in [1.807, 2.05) is 22.7 Å². The van der Waals surface area contributed by atoms with Crippen molar-refractivity contribution in [2.45, 2.75) is 0 Å². The molecule has 0 N–H and O–H groups in total. The van der Waals surface area contributed by atoms with Crippen LogP contribution in [0.5, 0.6) is 0 Å². The third kappa shape index (κ3) is 6.39. The summed E-state index contributed by atoms with van der Waals surface area (Å²) in [6.45, 7) is 0. The normalized spacial score (nSPS) is 11.8. The van der Waals surface area contributed by atoms with E-state index in [0.29, 0.717) is 0 Å². The van der Waals surface area contributed by atoms with Gasteiger partial charge in [-0.2, -0.15) is 0 Å². The Kier molecular flexibility index (Phi) is 9.34. The van der Waals surface area contributed by atoms with E-state index in [1.165, 1.54) is 106 Å². The van der Waals surface area contributed by atoms with Gasteiger partial charge in [-0.3, -0.25) is 0 Å². The van der Waals surface area contributed by atoms with Gasteiger partial charge in [0.05, 0.1) is 0 Å². The molecule has 0 bridgehead atoms. The fourth-order valence-corrected chi connectivity index (χ4v) is 17.3. The fraction of sp³-hybridized carbons (Fsp3) is 0. The Morgan fingerprint density at radius 3 is 1.02 bits per heavy atom. The molecule has 63 heavy (non-hydrogen) atoms. The monoisotopic (exact) mass is 852 g/mol. The van der Waals surface area contributed by atoms with Gasteiger partial charge in [-0.05, 0) is 89.5 Å². The highest BCUT2D eigenvalue weighted by atomic mass is 32.1. The van der Waals surface area contributed by atoms with E-state index in [9.17, 15) is 0 Å². The molecule has 0 radical (unpaired) electrons. The minimum atomic E-state index is -3.15. The second kappa shape index (κ2) is 15.6. The topological polar surface area (TPSA) is 0 Å². The predicted octanol–water partition coefficient (Wildman–Crippen LogP) is 14.5. The second-order valence-electron chi connectivity index (χ2n) is 16.4. The molecule has 0 saturated heterocycles. The molecule has 0 spiro atoms. The van der Waals surface area contributed by atoms with E-state index in [4.69, 9.17) is 0 Å². The molecular formula is C60H40S2Si. The second-order valence-corrected chi connectivity index (χ2v) is 22.3. The zero-order chi connectivity index (χ0) is 41.7. The number of fused-ring (bicyclic) bond motifs is 6. The van der Waals surface area contributed by atoms with E-state index in [1.54, 1.807) is 0 Å². The summed E-state index contributed by atoms with van der Waals surface area (Å²) < 4.78 is 5.28. The highest BCUT2D eigenvalue weighted by Gasteiger charge is 2.42. The molecule has 0 nitrogen and oxygen atoms in total. The lowest BCUT2D eigenvalue weighted by atomic mass is 9.97. The van der Waals surface area contributed by atoms with E-state index in [-0.39, 0.29) is 0 Å². The molecule has 12 rings (SSSR count). The molecule has 3 heteroatoms. The lowest BCUT2D eigenvalue weighted by Crippen LogP contribution is -2.74. The number of benzene rings is 10. The largest absolute Gasteiger partial charge is 0.179 e. The lowest BCUT2D eigenvalue weighted by Gasteiger charge is -2.36.